The lowest BCUT2D eigenvalue weighted by molar-refractivity contribution is 0.0949. The van der Waals surface area contributed by atoms with Gasteiger partial charge in [0.1, 0.15) is 11.4 Å². The molecule has 0 aliphatic carbocycles. The van der Waals surface area contributed by atoms with E-state index in [4.69, 9.17) is 0 Å². The number of benzene rings is 1. The molecule has 1 aromatic heterocycles. The largest absolute Gasteiger partial charge is 0.508 e. The lowest BCUT2D eigenvalue weighted by atomic mass is 10.1. The first-order chi connectivity index (χ1) is 9.69. The zero-order chi connectivity index (χ0) is 14.4. The smallest absolute Gasteiger partial charge is 0.269 e. The van der Waals surface area contributed by atoms with Crippen LogP contribution < -0.4 is 10.6 Å². The van der Waals surface area contributed by atoms with E-state index in [9.17, 15) is 9.90 Å². The molecule has 0 aliphatic rings. The summed E-state index contributed by atoms with van der Waals surface area (Å²) in [6.45, 7) is 0.527. The fourth-order valence-electron chi connectivity index (χ4n) is 1.75. The van der Waals surface area contributed by atoms with Crippen molar-refractivity contribution in [3.63, 3.8) is 0 Å². The highest BCUT2D eigenvalue weighted by Gasteiger charge is 2.06. The van der Waals surface area contributed by atoms with Crippen molar-refractivity contribution in [2.45, 2.75) is 6.42 Å². The minimum Gasteiger partial charge on any atom is -0.508 e. The average molecular weight is 271 g/mol. The van der Waals surface area contributed by atoms with Crippen molar-refractivity contribution in [1.29, 1.82) is 0 Å². The number of rotatable bonds is 5. The van der Waals surface area contributed by atoms with Gasteiger partial charge in [-0.2, -0.15) is 0 Å². The zero-order valence-corrected chi connectivity index (χ0v) is 11.3. The number of carbonyl (C=O) groups excluding carboxylic acids is 1. The average Bonchev–Trinajstić information content (AvgIpc) is 2.49. The van der Waals surface area contributed by atoms with Crippen molar-refractivity contribution in [3.8, 4) is 5.75 Å². The number of nitrogens with zero attached hydrogens (tertiary/aromatic N) is 1. The van der Waals surface area contributed by atoms with Crippen LogP contribution in [0.15, 0.2) is 42.6 Å². The van der Waals surface area contributed by atoms with Crippen LogP contribution in [0.1, 0.15) is 16.1 Å². The Bertz CT molecular complexity index is 565. The number of carbonyl (C=O) groups is 1. The second kappa shape index (κ2) is 6.56. The summed E-state index contributed by atoms with van der Waals surface area (Å²) in [4.78, 5) is 15.9. The van der Waals surface area contributed by atoms with Crippen molar-refractivity contribution >= 4 is 11.6 Å². The van der Waals surface area contributed by atoms with Gasteiger partial charge in [-0.3, -0.25) is 4.79 Å². The third-order valence-electron chi connectivity index (χ3n) is 2.92. The van der Waals surface area contributed by atoms with Gasteiger partial charge in [-0.1, -0.05) is 12.1 Å². The van der Waals surface area contributed by atoms with Crippen LogP contribution in [0.5, 0.6) is 5.75 Å². The lowest BCUT2D eigenvalue weighted by Gasteiger charge is -2.06. The Morgan fingerprint density at radius 3 is 2.55 bits per heavy atom. The van der Waals surface area contributed by atoms with Crippen LogP contribution in [0.4, 0.5) is 5.69 Å². The van der Waals surface area contributed by atoms with Gasteiger partial charge < -0.3 is 15.7 Å². The van der Waals surface area contributed by atoms with E-state index in [-0.39, 0.29) is 11.7 Å². The molecule has 3 N–H and O–H groups in total. The Kier molecular flexibility index (Phi) is 4.55. The topological polar surface area (TPSA) is 74.2 Å². The molecule has 5 nitrogen and oxygen atoms in total. The number of phenols is 1. The number of aromatic hydroxyl groups is 1. The van der Waals surface area contributed by atoms with Gasteiger partial charge in [0, 0.05) is 13.6 Å². The quantitative estimate of drug-likeness (QED) is 0.775. The maximum absolute atomic E-state index is 11.9. The Morgan fingerprint density at radius 1 is 1.20 bits per heavy atom. The number of nitrogens with one attached hydrogen (secondary N) is 2. The first-order valence-corrected chi connectivity index (χ1v) is 6.39. The van der Waals surface area contributed by atoms with E-state index in [0.717, 1.165) is 11.3 Å². The molecular formula is C15H17N3O2. The zero-order valence-electron chi connectivity index (χ0n) is 11.3. The third-order valence-corrected chi connectivity index (χ3v) is 2.92. The summed E-state index contributed by atoms with van der Waals surface area (Å²) < 4.78 is 0. The summed E-state index contributed by atoms with van der Waals surface area (Å²) in [7, 11) is 1.80. The Labute approximate surface area is 117 Å². The van der Waals surface area contributed by atoms with E-state index < -0.39 is 0 Å². The molecule has 0 radical (unpaired) electrons. The lowest BCUT2D eigenvalue weighted by Crippen LogP contribution is -2.26. The maximum atomic E-state index is 11.9. The molecule has 5 heteroatoms. The van der Waals surface area contributed by atoms with Gasteiger partial charge >= 0.3 is 0 Å². The number of hydrogen-bond donors (Lipinski definition) is 3. The van der Waals surface area contributed by atoms with E-state index in [1.54, 1.807) is 31.4 Å². The van der Waals surface area contributed by atoms with Crippen molar-refractivity contribution in [3.05, 3.63) is 53.9 Å². The third kappa shape index (κ3) is 3.71. The summed E-state index contributed by atoms with van der Waals surface area (Å²) in [5.74, 6) is 0.0537. The summed E-state index contributed by atoms with van der Waals surface area (Å²) in [5, 5.41) is 14.9. The minimum absolute atomic E-state index is 0.188. The SMILES string of the molecule is CNc1ccc(C(=O)NCCc2ccc(O)cc2)nc1. The molecule has 0 aliphatic heterocycles. The first kappa shape index (κ1) is 13.9. The van der Waals surface area contributed by atoms with Gasteiger partial charge in [0.2, 0.25) is 0 Å². The maximum Gasteiger partial charge on any atom is 0.269 e. The highest BCUT2D eigenvalue weighted by Crippen LogP contribution is 2.09. The van der Waals surface area contributed by atoms with Gasteiger partial charge in [0.25, 0.3) is 5.91 Å². The fraction of sp³-hybridized carbons (Fsp3) is 0.200. The molecule has 0 fully saturated rings. The molecular weight excluding hydrogens is 254 g/mol. The number of anilines is 1. The van der Waals surface area contributed by atoms with Crippen molar-refractivity contribution < 1.29 is 9.90 Å². The molecule has 104 valence electrons. The highest BCUT2D eigenvalue weighted by molar-refractivity contribution is 5.92. The number of aromatic nitrogens is 1. The Balaban J connectivity index is 1.83. The van der Waals surface area contributed by atoms with Crippen LogP contribution in [-0.4, -0.2) is 29.6 Å². The predicted molar refractivity (Wildman–Crippen MR) is 77.9 cm³/mol. The van der Waals surface area contributed by atoms with Crippen LogP contribution in [0.25, 0.3) is 0 Å². The van der Waals surface area contributed by atoms with E-state index in [1.165, 1.54) is 0 Å². The first-order valence-electron chi connectivity index (χ1n) is 6.39. The summed E-state index contributed by atoms with van der Waals surface area (Å²) in [6, 6.07) is 10.4. The van der Waals surface area contributed by atoms with Crippen LogP contribution >= 0.6 is 0 Å². The van der Waals surface area contributed by atoms with Crippen LogP contribution in [0, 0.1) is 0 Å². The normalized spacial score (nSPS) is 10.1. The second-order valence-corrected chi connectivity index (χ2v) is 4.35. The Morgan fingerprint density at radius 2 is 1.95 bits per heavy atom. The molecule has 0 bridgehead atoms. The molecule has 0 saturated carbocycles. The minimum atomic E-state index is -0.188. The van der Waals surface area contributed by atoms with E-state index >= 15 is 0 Å². The van der Waals surface area contributed by atoms with Crippen molar-refractivity contribution in [2.24, 2.45) is 0 Å². The summed E-state index contributed by atoms with van der Waals surface area (Å²) in [6.07, 6.45) is 2.33. The Hall–Kier alpha value is -2.56. The molecule has 0 saturated heterocycles. The van der Waals surface area contributed by atoms with E-state index in [2.05, 4.69) is 15.6 Å². The molecule has 0 spiro atoms. The summed E-state index contributed by atoms with van der Waals surface area (Å²) >= 11 is 0. The van der Waals surface area contributed by atoms with Crippen molar-refractivity contribution in [1.82, 2.24) is 10.3 Å². The highest BCUT2D eigenvalue weighted by atomic mass is 16.3. The van der Waals surface area contributed by atoms with Crippen LogP contribution in [0.2, 0.25) is 0 Å². The molecule has 0 atom stereocenters. The van der Waals surface area contributed by atoms with Gasteiger partial charge in [0.15, 0.2) is 0 Å². The molecule has 0 unspecified atom stereocenters. The number of amides is 1. The van der Waals surface area contributed by atoms with Gasteiger partial charge in [-0.25, -0.2) is 4.98 Å². The van der Waals surface area contributed by atoms with Crippen LogP contribution in [-0.2, 0) is 6.42 Å². The van der Waals surface area contributed by atoms with E-state index in [1.807, 2.05) is 18.2 Å². The predicted octanol–water partition coefficient (Wildman–Crippen LogP) is 1.80. The van der Waals surface area contributed by atoms with Gasteiger partial charge in [-0.15, -0.1) is 0 Å². The van der Waals surface area contributed by atoms with Gasteiger partial charge in [-0.05, 0) is 36.2 Å². The van der Waals surface area contributed by atoms with E-state index in [0.29, 0.717) is 18.7 Å². The monoisotopic (exact) mass is 271 g/mol. The fourth-order valence-corrected chi connectivity index (χ4v) is 1.75. The number of pyridine rings is 1. The molecule has 2 rings (SSSR count). The van der Waals surface area contributed by atoms with Gasteiger partial charge in [0.05, 0.1) is 11.9 Å². The molecule has 20 heavy (non-hydrogen) atoms. The molecule has 1 amide bonds. The summed E-state index contributed by atoms with van der Waals surface area (Å²) in [5.41, 5.74) is 2.32. The second-order valence-electron chi connectivity index (χ2n) is 4.35. The molecule has 2 aromatic rings. The number of phenolic OH excluding ortho intramolecular Hbond substituents is 1. The molecule has 1 aromatic carbocycles. The van der Waals surface area contributed by atoms with Crippen LogP contribution in [0.3, 0.4) is 0 Å². The number of hydrogen-bond acceptors (Lipinski definition) is 4. The standard InChI is InChI=1S/C15H17N3O2/c1-16-12-4-7-14(18-10-12)15(20)17-9-8-11-2-5-13(19)6-3-11/h2-7,10,16,19H,8-9H2,1H3,(H,17,20). The van der Waals surface area contributed by atoms with Crippen molar-refractivity contribution in [2.75, 3.05) is 18.9 Å². The molecule has 1 heterocycles.